The third kappa shape index (κ3) is 4.48. The van der Waals surface area contributed by atoms with Crippen molar-refractivity contribution in [2.24, 2.45) is 0 Å². The molecule has 0 unspecified atom stereocenters. The summed E-state index contributed by atoms with van der Waals surface area (Å²) in [6.45, 7) is 2.43. The first-order chi connectivity index (χ1) is 15.8. The van der Waals surface area contributed by atoms with Gasteiger partial charge in [-0.3, -0.25) is 0 Å². The van der Waals surface area contributed by atoms with Gasteiger partial charge in [0.2, 0.25) is 0 Å². The van der Waals surface area contributed by atoms with Gasteiger partial charge in [0.05, 0.1) is 0 Å². The number of hydrogen-bond donors (Lipinski definition) is 1. The highest BCUT2D eigenvalue weighted by Crippen LogP contribution is 2.29. The fourth-order valence-electron chi connectivity index (χ4n) is 4.18. The standard InChI is InChI=1S/C29H25FN2/c30-27-14-11-24(12-15-27)25-13-16-29-28(17-25)26(19-31-18-22-7-3-1-4-8-22)21-32(29)20-23-9-5-2-6-10-23/h1-17,21,31H,18-20H2. The lowest BCUT2D eigenvalue weighted by Gasteiger charge is -2.07. The SMILES string of the molecule is Fc1ccc(-c2ccc3c(c2)c(CNCc2ccccc2)cn3Cc2ccccc2)cc1. The summed E-state index contributed by atoms with van der Waals surface area (Å²) in [5.41, 5.74) is 7.13. The maximum absolute atomic E-state index is 13.4. The van der Waals surface area contributed by atoms with Crippen LogP contribution in [0.2, 0.25) is 0 Å². The van der Waals surface area contributed by atoms with E-state index in [1.54, 1.807) is 0 Å². The minimum absolute atomic E-state index is 0.213. The van der Waals surface area contributed by atoms with Crippen LogP contribution in [-0.2, 0) is 19.6 Å². The number of halogens is 1. The van der Waals surface area contributed by atoms with Crippen molar-refractivity contribution in [3.8, 4) is 11.1 Å². The highest BCUT2D eigenvalue weighted by molar-refractivity contribution is 5.88. The topological polar surface area (TPSA) is 17.0 Å². The Bertz CT molecular complexity index is 1310. The first kappa shape index (κ1) is 20.2. The van der Waals surface area contributed by atoms with Crippen LogP contribution in [0.25, 0.3) is 22.0 Å². The predicted octanol–water partition coefficient (Wildman–Crippen LogP) is 6.79. The van der Waals surface area contributed by atoms with E-state index in [1.807, 2.05) is 24.3 Å². The summed E-state index contributed by atoms with van der Waals surface area (Å²) in [6.07, 6.45) is 2.25. The number of aromatic nitrogens is 1. The Kier molecular flexibility index (Phi) is 5.82. The normalized spacial score (nSPS) is 11.2. The molecule has 3 heteroatoms. The number of nitrogens with one attached hydrogen (secondary N) is 1. The summed E-state index contributed by atoms with van der Waals surface area (Å²) in [4.78, 5) is 0. The molecule has 0 aliphatic heterocycles. The van der Waals surface area contributed by atoms with Gasteiger partial charge in [0, 0.05) is 36.7 Å². The lowest BCUT2D eigenvalue weighted by Crippen LogP contribution is -2.12. The van der Waals surface area contributed by atoms with Crippen LogP contribution < -0.4 is 5.32 Å². The lowest BCUT2D eigenvalue weighted by molar-refractivity contribution is 0.628. The van der Waals surface area contributed by atoms with Crippen molar-refractivity contribution < 1.29 is 4.39 Å². The van der Waals surface area contributed by atoms with E-state index in [4.69, 9.17) is 0 Å². The average Bonchev–Trinajstić information content (AvgIpc) is 3.17. The monoisotopic (exact) mass is 420 g/mol. The molecule has 0 fully saturated rings. The smallest absolute Gasteiger partial charge is 0.123 e. The van der Waals surface area contributed by atoms with Gasteiger partial charge in [-0.15, -0.1) is 0 Å². The predicted molar refractivity (Wildman–Crippen MR) is 130 cm³/mol. The van der Waals surface area contributed by atoms with Crippen molar-refractivity contribution in [2.45, 2.75) is 19.6 Å². The van der Waals surface area contributed by atoms with Gasteiger partial charge in [-0.05, 0) is 52.1 Å². The second-order valence-electron chi connectivity index (χ2n) is 8.10. The zero-order chi connectivity index (χ0) is 21.8. The van der Waals surface area contributed by atoms with Crippen LogP contribution in [-0.4, -0.2) is 4.57 Å². The third-order valence-corrected chi connectivity index (χ3v) is 5.82. The van der Waals surface area contributed by atoms with E-state index in [1.165, 1.54) is 39.7 Å². The Labute approximate surface area is 188 Å². The number of hydrogen-bond acceptors (Lipinski definition) is 1. The van der Waals surface area contributed by atoms with E-state index >= 15 is 0 Å². The molecule has 0 bridgehead atoms. The average molecular weight is 421 g/mol. The van der Waals surface area contributed by atoms with E-state index in [9.17, 15) is 4.39 Å². The summed E-state index contributed by atoms with van der Waals surface area (Å²) in [5, 5.41) is 4.82. The Balaban J connectivity index is 1.48. The maximum Gasteiger partial charge on any atom is 0.123 e. The van der Waals surface area contributed by atoms with E-state index in [-0.39, 0.29) is 5.82 Å². The van der Waals surface area contributed by atoms with Crippen molar-refractivity contribution in [2.75, 3.05) is 0 Å². The Hall–Kier alpha value is -3.69. The summed E-state index contributed by atoms with van der Waals surface area (Å²) >= 11 is 0. The number of fused-ring (bicyclic) bond motifs is 1. The van der Waals surface area contributed by atoms with Gasteiger partial charge in [0.15, 0.2) is 0 Å². The van der Waals surface area contributed by atoms with Crippen LogP contribution in [0.1, 0.15) is 16.7 Å². The van der Waals surface area contributed by atoms with Gasteiger partial charge in [-0.25, -0.2) is 4.39 Å². The summed E-state index contributed by atoms with van der Waals surface area (Å²) in [6, 6.07) is 34.2. The van der Waals surface area contributed by atoms with Crippen LogP contribution >= 0.6 is 0 Å². The molecule has 0 spiro atoms. The Morgan fingerprint density at radius 2 is 1.31 bits per heavy atom. The van der Waals surface area contributed by atoms with Gasteiger partial charge < -0.3 is 9.88 Å². The van der Waals surface area contributed by atoms with Crippen LogP contribution in [0.5, 0.6) is 0 Å². The van der Waals surface area contributed by atoms with Gasteiger partial charge in [-0.1, -0.05) is 78.9 Å². The summed E-state index contributed by atoms with van der Waals surface area (Å²) in [7, 11) is 0. The molecular formula is C29H25FN2. The number of rotatable bonds is 7. The van der Waals surface area contributed by atoms with E-state index < -0.39 is 0 Å². The van der Waals surface area contributed by atoms with Crippen LogP contribution in [0.4, 0.5) is 4.39 Å². The molecule has 0 atom stereocenters. The second kappa shape index (κ2) is 9.21. The minimum Gasteiger partial charge on any atom is -0.343 e. The molecule has 1 heterocycles. The molecular weight excluding hydrogens is 395 g/mol. The first-order valence-corrected chi connectivity index (χ1v) is 10.9. The van der Waals surface area contributed by atoms with E-state index in [2.05, 4.69) is 82.8 Å². The van der Waals surface area contributed by atoms with Gasteiger partial charge in [-0.2, -0.15) is 0 Å². The zero-order valence-electron chi connectivity index (χ0n) is 17.8. The van der Waals surface area contributed by atoms with Crippen molar-refractivity contribution in [1.82, 2.24) is 9.88 Å². The molecule has 0 saturated carbocycles. The van der Waals surface area contributed by atoms with Gasteiger partial charge in [0.25, 0.3) is 0 Å². The van der Waals surface area contributed by atoms with Crippen LogP contribution in [0, 0.1) is 5.82 Å². The molecule has 0 amide bonds. The van der Waals surface area contributed by atoms with E-state index in [0.29, 0.717) is 0 Å². The molecule has 0 aliphatic rings. The maximum atomic E-state index is 13.4. The van der Waals surface area contributed by atoms with Crippen molar-refractivity contribution >= 4 is 10.9 Å². The van der Waals surface area contributed by atoms with Crippen molar-refractivity contribution in [1.29, 1.82) is 0 Å². The number of nitrogens with zero attached hydrogens (tertiary/aromatic N) is 1. The Morgan fingerprint density at radius 3 is 2.03 bits per heavy atom. The third-order valence-electron chi connectivity index (χ3n) is 5.82. The number of benzene rings is 4. The molecule has 32 heavy (non-hydrogen) atoms. The lowest BCUT2D eigenvalue weighted by atomic mass is 10.0. The van der Waals surface area contributed by atoms with E-state index in [0.717, 1.165) is 30.8 Å². The molecule has 5 rings (SSSR count). The fraction of sp³-hybridized carbons (Fsp3) is 0.103. The molecule has 0 aliphatic carbocycles. The van der Waals surface area contributed by atoms with Crippen molar-refractivity contribution in [3.05, 3.63) is 132 Å². The fourth-order valence-corrected chi connectivity index (χ4v) is 4.18. The molecule has 4 aromatic carbocycles. The zero-order valence-corrected chi connectivity index (χ0v) is 17.8. The molecule has 158 valence electrons. The van der Waals surface area contributed by atoms with Gasteiger partial charge >= 0.3 is 0 Å². The van der Waals surface area contributed by atoms with Crippen molar-refractivity contribution in [3.63, 3.8) is 0 Å². The van der Waals surface area contributed by atoms with Crippen LogP contribution in [0.3, 0.4) is 0 Å². The first-order valence-electron chi connectivity index (χ1n) is 10.9. The highest BCUT2D eigenvalue weighted by Gasteiger charge is 2.11. The second-order valence-corrected chi connectivity index (χ2v) is 8.10. The molecule has 0 radical (unpaired) electrons. The molecule has 1 N–H and O–H groups in total. The Morgan fingerprint density at radius 1 is 0.656 bits per heavy atom. The molecule has 5 aromatic rings. The molecule has 1 aromatic heterocycles. The quantitative estimate of drug-likeness (QED) is 0.307. The molecule has 0 saturated heterocycles. The molecule has 2 nitrogen and oxygen atoms in total. The van der Waals surface area contributed by atoms with Crippen LogP contribution in [0.15, 0.2) is 109 Å². The van der Waals surface area contributed by atoms with Gasteiger partial charge in [0.1, 0.15) is 5.82 Å². The summed E-state index contributed by atoms with van der Waals surface area (Å²) < 4.78 is 15.7. The minimum atomic E-state index is -0.213. The largest absolute Gasteiger partial charge is 0.343 e. The summed E-state index contributed by atoms with van der Waals surface area (Å²) in [5.74, 6) is -0.213. The highest BCUT2D eigenvalue weighted by atomic mass is 19.1.